The van der Waals surface area contributed by atoms with Gasteiger partial charge in [0.05, 0.1) is 11.5 Å². The first-order chi connectivity index (χ1) is 10.1. The third-order valence-electron chi connectivity index (χ3n) is 3.99. The van der Waals surface area contributed by atoms with Crippen molar-refractivity contribution >= 4 is 11.9 Å². The summed E-state index contributed by atoms with van der Waals surface area (Å²) in [4.78, 5) is 25.2. The van der Waals surface area contributed by atoms with Crippen molar-refractivity contribution in [3.63, 3.8) is 0 Å². The van der Waals surface area contributed by atoms with Crippen molar-refractivity contribution in [2.24, 2.45) is 5.92 Å². The van der Waals surface area contributed by atoms with Crippen molar-refractivity contribution < 1.29 is 14.7 Å². The summed E-state index contributed by atoms with van der Waals surface area (Å²) >= 11 is 0. The van der Waals surface area contributed by atoms with Gasteiger partial charge >= 0.3 is 5.97 Å². The highest BCUT2D eigenvalue weighted by atomic mass is 16.4. The number of nitrogens with one attached hydrogen (secondary N) is 1. The highest BCUT2D eigenvalue weighted by Crippen LogP contribution is 2.14. The van der Waals surface area contributed by atoms with E-state index in [-0.39, 0.29) is 11.8 Å². The van der Waals surface area contributed by atoms with E-state index in [0.717, 1.165) is 31.5 Å². The van der Waals surface area contributed by atoms with Crippen LogP contribution in [0.5, 0.6) is 0 Å². The number of nitrogens with zero attached hydrogens (tertiary/aromatic N) is 1. The fraction of sp³-hybridized carbons (Fsp3) is 0.500. The van der Waals surface area contributed by atoms with E-state index in [1.165, 1.54) is 0 Å². The van der Waals surface area contributed by atoms with E-state index in [9.17, 15) is 9.59 Å². The van der Waals surface area contributed by atoms with E-state index in [4.69, 9.17) is 5.11 Å². The summed E-state index contributed by atoms with van der Waals surface area (Å²) in [6, 6.07) is 6.96. The number of hydrogen-bond acceptors (Lipinski definition) is 3. The van der Waals surface area contributed by atoms with E-state index in [2.05, 4.69) is 5.32 Å². The number of carboxylic acids is 1. The summed E-state index contributed by atoms with van der Waals surface area (Å²) in [6.45, 7) is 2.27. The lowest BCUT2D eigenvalue weighted by molar-refractivity contribution is -0.134. The third kappa shape index (κ3) is 4.04. The molecule has 1 fully saturated rings. The molecule has 1 unspecified atom stereocenters. The number of rotatable bonds is 5. The van der Waals surface area contributed by atoms with Gasteiger partial charge in [0.2, 0.25) is 5.91 Å². The molecule has 114 valence electrons. The fourth-order valence-corrected chi connectivity index (χ4v) is 2.72. The van der Waals surface area contributed by atoms with Crippen molar-refractivity contribution in [2.45, 2.75) is 19.3 Å². The highest BCUT2D eigenvalue weighted by molar-refractivity contribution is 5.89. The van der Waals surface area contributed by atoms with Gasteiger partial charge < -0.3 is 15.3 Å². The Hall–Kier alpha value is -1.88. The molecule has 1 amide bonds. The molecule has 2 rings (SSSR count). The molecule has 2 N–H and O–H groups in total. The minimum absolute atomic E-state index is 0.0541. The number of amides is 1. The van der Waals surface area contributed by atoms with Gasteiger partial charge in [-0.3, -0.25) is 4.79 Å². The Balaban J connectivity index is 1.93. The monoisotopic (exact) mass is 290 g/mol. The molecule has 0 spiro atoms. The van der Waals surface area contributed by atoms with Crippen molar-refractivity contribution in [1.82, 2.24) is 10.2 Å². The van der Waals surface area contributed by atoms with Crippen molar-refractivity contribution in [2.75, 3.05) is 26.7 Å². The summed E-state index contributed by atoms with van der Waals surface area (Å²) in [5, 5.41) is 12.4. The topological polar surface area (TPSA) is 69.6 Å². The molecule has 0 saturated carbocycles. The molecule has 1 aromatic carbocycles. The molecule has 0 aromatic heterocycles. The molecule has 1 aliphatic rings. The van der Waals surface area contributed by atoms with Gasteiger partial charge in [-0.05, 0) is 37.4 Å². The second-order valence-electron chi connectivity index (χ2n) is 5.52. The smallest absolute Gasteiger partial charge is 0.335 e. The predicted molar refractivity (Wildman–Crippen MR) is 80.3 cm³/mol. The van der Waals surface area contributed by atoms with Crippen LogP contribution >= 0.6 is 0 Å². The van der Waals surface area contributed by atoms with Gasteiger partial charge in [-0.25, -0.2) is 4.79 Å². The molecule has 0 aliphatic carbocycles. The fourth-order valence-electron chi connectivity index (χ4n) is 2.72. The molecule has 21 heavy (non-hydrogen) atoms. The van der Waals surface area contributed by atoms with Gasteiger partial charge in [0.25, 0.3) is 0 Å². The number of carbonyl (C=O) groups excluding carboxylic acids is 1. The van der Waals surface area contributed by atoms with E-state index < -0.39 is 5.97 Å². The molecule has 5 heteroatoms. The first-order valence-corrected chi connectivity index (χ1v) is 7.36. The molecule has 1 aromatic rings. The van der Waals surface area contributed by atoms with Gasteiger partial charge in [0.1, 0.15) is 0 Å². The lowest BCUT2D eigenvalue weighted by atomic mass is 9.98. The van der Waals surface area contributed by atoms with E-state index >= 15 is 0 Å². The maximum atomic E-state index is 12.3. The standard InChI is InChI=1S/C16H22N2O3/c1-18(15(19)13-6-4-9-17-11-13)10-8-12-5-2-3-7-14(12)16(20)21/h2-3,5,7,13,17H,4,6,8-11H2,1H3,(H,20,21). The number of benzene rings is 1. The number of piperidine rings is 1. The zero-order chi connectivity index (χ0) is 15.2. The lowest BCUT2D eigenvalue weighted by Crippen LogP contribution is -2.42. The number of carboxylic acid groups (broad SMARTS) is 1. The molecular formula is C16H22N2O3. The van der Waals surface area contributed by atoms with Gasteiger partial charge in [0.15, 0.2) is 0 Å². The quantitative estimate of drug-likeness (QED) is 0.859. The molecule has 1 heterocycles. The van der Waals surface area contributed by atoms with E-state index in [0.29, 0.717) is 18.5 Å². The average molecular weight is 290 g/mol. The Labute approximate surface area is 125 Å². The van der Waals surface area contributed by atoms with E-state index in [1.54, 1.807) is 24.1 Å². The summed E-state index contributed by atoms with van der Waals surface area (Å²) in [6.07, 6.45) is 2.53. The van der Waals surface area contributed by atoms with Crippen LogP contribution in [0.1, 0.15) is 28.8 Å². The molecule has 1 saturated heterocycles. The Kier molecular flexibility index (Phi) is 5.33. The van der Waals surface area contributed by atoms with Crippen LogP contribution in [-0.2, 0) is 11.2 Å². The SMILES string of the molecule is CN(CCc1ccccc1C(=O)O)C(=O)C1CCCNC1. The van der Waals surface area contributed by atoms with Gasteiger partial charge in [0, 0.05) is 20.1 Å². The maximum Gasteiger partial charge on any atom is 0.335 e. The van der Waals surface area contributed by atoms with Crippen LogP contribution in [0.4, 0.5) is 0 Å². The number of carbonyl (C=O) groups is 2. The third-order valence-corrected chi connectivity index (χ3v) is 3.99. The largest absolute Gasteiger partial charge is 0.478 e. The van der Waals surface area contributed by atoms with Crippen LogP contribution in [0, 0.1) is 5.92 Å². The zero-order valence-corrected chi connectivity index (χ0v) is 12.3. The molecule has 0 bridgehead atoms. The normalized spacial score (nSPS) is 18.2. The zero-order valence-electron chi connectivity index (χ0n) is 12.3. The highest BCUT2D eigenvalue weighted by Gasteiger charge is 2.23. The lowest BCUT2D eigenvalue weighted by Gasteiger charge is -2.27. The Morgan fingerprint density at radius 3 is 2.81 bits per heavy atom. The van der Waals surface area contributed by atoms with Crippen LogP contribution in [-0.4, -0.2) is 48.6 Å². The minimum atomic E-state index is -0.920. The van der Waals surface area contributed by atoms with Crippen LogP contribution in [0.25, 0.3) is 0 Å². The summed E-state index contributed by atoms with van der Waals surface area (Å²) in [7, 11) is 1.79. The maximum absolute atomic E-state index is 12.3. The molecule has 0 radical (unpaired) electrons. The first-order valence-electron chi connectivity index (χ1n) is 7.36. The van der Waals surface area contributed by atoms with Crippen molar-refractivity contribution in [1.29, 1.82) is 0 Å². The van der Waals surface area contributed by atoms with Gasteiger partial charge in [-0.15, -0.1) is 0 Å². The van der Waals surface area contributed by atoms with Crippen LogP contribution in [0.3, 0.4) is 0 Å². The molecule has 1 aliphatic heterocycles. The summed E-state index contributed by atoms with van der Waals surface area (Å²) in [5.41, 5.74) is 1.09. The second kappa shape index (κ2) is 7.22. The van der Waals surface area contributed by atoms with Crippen LogP contribution in [0.2, 0.25) is 0 Å². The van der Waals surface area contributed by atoms with Gasteiger partial charge in [-0.1, -0.05) is 18.2 Å². The summed E-state index contributed by atoms with van der Waals surface area (Å²) < 4.78 is 0. The van der Waals surface area contributed by atoms with Gasteiger partial charge in [-0.2, -0.15) is 0 Å². The Morgan fingerprint density at radius 2 is 2.14 bits per heavy atom. The number of hydrogen-bond donors (Lipinski definition) is 2. The van der Waals surface area contributed by atoms with Crippen molar-refractivity contribution in [3.8, 4) is 0 Å². The number of likely N-dealkylation sites (N-methyl/N-ethyl adjacent to an activating group) is 1. The Bertz CT molecular complexity index is 510. The van der Waals surface area contributed by atoms with E-state index in [1.807, 2.05) is 12.1 Å². The minimum Gasteiger partial charge on any atom is -0.478 e. The Morgan fingerprint density at radius 1 is 1.38 bits per heavy atom. The number of aromatic carboxylic acids is 1. The van der Waals surface area contributed by atoms with Crippen LogP contribution in [0.15, 0.2) is 24.3 Å². The first kappa shape index (κ1) is 15.5. The second-order valence-corrected chi connectivity index (χ2v) is 5.52. The average Bonchev–Trinajstić information content (AvgIpc) is 2.52. The molecule has 1 atom stereocenters. The molecular weight excluding hydrogens is 268 g/mol. The van der Waals surface area contributed by atoms with Crippen LogP contribution < -0.4 is 5.32 Å². The molecule has 5 nitrogen and oxygen atoms in total. The van der Waals surface area contributed by atoms with Crippen molar-refractivity contribution in [3.05, 3.63) is 35.4 Å². The summed E-state index contributed by atoms with van der Waals surface area (Å²) in [5.74, 6) is -0.718. The predicted octanol–water partition coefficient (Wildman–Crippen LogP) is 1.39.